The molecule has 1 heterocycles. The summed E-state index contributed by atoms with van der Waals surface area (Å²) in [5, 5.41) is 8.88. The molecule has 0 aliphatic carbocycles. The molecule has 1 atom stereocenters. The fourth-order valence-corrected chi connectivity index (χ4v) is 0.788. The minimum absolute atomic E-state index is 0.186. The Morgan fingerprint density at radius 2 is 2.54 bits per heavy atom. The van der Waals surface area contributed by atoms with Crippen LogP contribution >= 0.6 is 0 Å². The smallest absolute Gasteiger partial charge is 0.374 e. The zero-order chi connectivity index (χ0) is 9.68. The van der Waals surface area contributed by atoms with E-state index in [4.69, 9.17) is 14.3 Å². The molecule has 0 aliphatic rings. The predicted octanol–water partition coefficient (Wildman–Crippen LogP) is 1.21. The lowest BCUT2D eigenvalue weighted by atomic mass is 10.3. The maximum absolute atomic E-state index is 11.1. The zero-order valence-electron chi connectivity index (χ0n) is 7.40. The molecule has 1 aromatic heterocycles. The lowest BCUT2D eigenvalue weighted by Gasteiger charge is -2.04. The summed E-state index contributed by atoms with van der Waals surface area (Å²) in [4.78, 5) is 11.1. The Balaban J connectivity index is 2.27. The Hall–Kier alpha value is -1.29. The number of esters is 1. The van der Waals surface area contributed by atoms with E-state index in [1.54, 1.807) is 13.0 Å². The van der Waals surface area contributed by atoms with Crippen molar-refractivity contribution in [3.63, 3.8) is 0 Å². The van der Waals surface area contributed by atoms with E-state index in [2.05, 4.69) is 0 Å². The van der Waals surface area contributed by atoms with Crippen molar-refractivity contribution < 1.29 is 19.1 Å². The van der Waals surface area contributed by atoms with E-state index in [1.807, 2.05) is 0 Å². The van der Waals surface area contributed by atoms with Crippen molar-refractivity contribution in [3.05, 3.63) is 24.2 Å². The summed E-state index contributed by atoms with van der Waals surface area (Å²) in [5.74, 6) is -0.309. The Kier molecular flexibility index (Phi) is 3.52. The van der Waals surface area contributed by atoms with Gasteiger partial charge in [-0.2, -0.15) is 0 Å². The SMILES string of the molecule is C[C@H](O)CCOC(=O)c1ccco1. The number of hydrogen-bond acceptors (Lipinski definition) is 4. The van der Waals surface area contributed by atoms with Crippen LogP contribution in [0.2, 0.25) is 0 Å². The number of ether oxygens (including phenoxy) is 1. The molecular formula is C9H12O4. The zero-order valence-corrected chi connectivity index (χ0v) is 7.40. The molecule has 0 saturated carbocycles. The highest BCUT2D eigenvalue weighted by Gasteiger charge is 2.09. The summed E-state index contributed by atoms with van der Waals surface area (Å²) in [6, 6.07) is 3.15. The summed E-state index contributed by atoms with van der Waals surface area (Å²) in [6.07, 6.45) is 1.39. The third kappa shape index (κ3) is 3.29. The molecule has 0 unspecified atom stereocenters. The topological polar surface area (TPSA) is 59.7 Å². The fraction of sp³-hybridized carbons (Fsp3) is 0.444. The first kappa shape index (κ1) is 9.80. The Labute approximate surface area is 76.1 Å². The van der Waals surface area contributed by atoms with Gasteiger partial charge in [-0.25, -0.2) is 4.79 Å². The third-order valence-electron chi connectivity index (χ3n) is 1.49. The van der Waals surface area contributed by atoms with Gasteiger partial charge in [0.1, 0.15) is 0 Å². The van der Waals surface area contributed by atoms with Crippen LogP contribution < -0.4 is 0 Å². The number of aliphatic hydroxyl groups is 1. The molecule has 0 aliphatic heterocycles. The number of carbonyl (C=O) groups excluding carboxylic acids is 1. The van der Waals surface area contributed by atoms with Crippen LogP contribution in [0.5, 0.6) is 0 Å². The molecule has 0 aromatic carbocycles. The van der Waals surface area contributed by atoms with E-state index in [0.717, 1.165) is 0 Å². The van der Waals surface area contributed by atoms with Crippen molar-refractivity contribution in [1.29, 1.82) is 0 Å². The molecule has 0 spiro atoms. The van der Waals surface area contributed by atoms with Gasteiger partial charge in [-0.1, -0.05) is 0 Å². The molecule has 1 N–H and O–H groups in total. The van der Waals surface area contributed by atoms with Crippen molar-refractivity contribution in [1.82, 2.24) is 0 Å². The quantitative estimate of drug-likeness (QED) is 0.714. The van der Waals surface area contributed by atoms with Crippen molar-refractivity contribution in [2.24, 2.45) is 0 Å². The number of rotatable bonds is 4. The van der Waals surface area contributed by atoms with E-state index < -0.39 is 12.1 Å². The summed E-state index contributed by atoms with van der Waals surface area (Å²) in [7, 11) is 0. The van der Waals surface area contributed by atoms with Crippen LogP contribution in [0.25, 0.3) is 0 Å². The summed E-state index contributed by atoms with van der Waals surface area (Å²) < 4.78 is 9.62. The van der Waals surface area contributed by atoms with Gasteiger partial charge in [-0.05, 0) is 19.1 Å². The molecule has 13 heavy (non-hydrogen) atoms. The largest absolute Gasteiger partial charge is 0.460 e. The van der Waals surface area contributed by atoms with Crippen LogP contribution in [-0.4, -0.2) is 23.8 Å². The van der Waals surface area contributed by atoms with Crippen LogP contribution in [0.1, 0.15) is 23.9 Å². The maximum atomic E-state index is 11.1. The molecule has 72 valence electrons. The van der Waals surface area contributed by atoms with Crippen LogP contribution in [0.4, 0.5) is 0 Å². The average Bonchev–Trinajstić information content (AvgIpc) is 2.55. The van der Waals surface area contributed by atoms with Gasteiger partial charge in [-0.15, -0.1) is 0 Å². The minimum atomic E-state index is -0.495. The molecule has 1 rings (SSSR count). The number of furan rings is 1. The lowest BCUT2D eigenvalue weighted by molar-refractivity contribution is 0.0409. The normalized spacial score (nSPS) is 12.5. The van der Waals surface area contributed by atoms with Gasteiger partial charge >= 0.3 is 5.97 Å². The van der Waals surface area contributed by atoms with E-state index in [1.165, 1.54) is 12.3 Å². The van der Waals surface area contributed by atoms with Crippen molar-refractivity contribution in [3.8, 4) is 0 Å². The molecule has 4 nitrogen and oxygen atoms in total. The van der Waals surface area contributed by atoms with Gasteiger partial charge in [-0.3, -0.25) is 0 Å². The third-order valence-corrected chi connectivity index (χ3v) is 1.49. The standard InChI is InChI=1S/C9H12O4/c1-7(10)4-6-13-9(11)8-3-2-5-12-8/h2-3,5,7,10H,4,6H2,1H3/t7-/m0/s1. The molecule has 0 radical (unpaired) electrons. The molecule has 0 fully saturated rings. The Bertz CT molecular complexity index is 251. The van der Waals surface area contributed by atoms with E-state index in [0.29, 0.717) is 6.42 Å². The average molecular weight is 184 g/mol. The number of hydrogen-bond donors (Lipinski definition) is 1. The van der Waals surface area contributed by atoms with Crippen molar-refractivity contribution in [2.45, 2.75) is 19.4 Å². The first-order chi connectivity index (χ1) is 6.20. The molecule has 0 saturated heterocycles. The highest BCUT2D eigenvalue weighted by Crippen LogP contribution is 2.02. The van der Waals surface area contributed by atoms with Gasteiger partial charge in [0.15, 0.2) is 0 Å². The molecule has 4 heteroatoms. The van der Waals surface area contributed by atoms with Crippen LogP contribution in [-0.2, 0) is 4.74 Å². The maximum Gasteiger partial charge on any atom is 0.374 e. The molecule has 0 bridgehead atoms. The van der Waals surface area contributed by atoms with Gasteiger partial charge in [0, 0.05) is 6.42 Å². The van der Waals surface area contributed by atoms with Crippen LogP contribution in [0, 0.1) is 0 Å². The molecule has 0 amide bonds. The fourth-order valence-electron chi connectivity index (χ4n) is 0.788. The van der Waals surface area contributed by atoms with Crippen molar-refractivity contribution >= 4 is 5.97 Å². The van der Waals surface area contributed by atoms with Gasteiger partial charge < -0.3 is 14.3 Å². The second-order valence-electron chi connectivity index (χ2n) is 2.75. The van der Waals surface area contributed by atoms with E-state index in [9.17, 15) is 4.79 Å². The minimum Gasteiger partial charge on any atom is -0.460 e. The second kappa shape index (κ2) is 4.67. The highest BCUT2D eigenvalue weighted by atomic mass is 16.5. The lowest BCUT2D eigenvalue weighted by Crippen LogP contribution is -2.10. The van der Waals surface area contributed by atoms with Gasteiger partial charge in [0.25, 0.3) is 0 Å². The number of aliphatic hydroxyl groups excluding tert-OH is 1. The van der Waals surface area contributed by atoms with E-state index in [-0.39, 0.29) is 12.4 Å². The monoisotopic (exact) mass is 184 g/mol. The number of carbonyl (C=O) groups is 1. The first-order valence-corrected chi connectivity index (χ1v) is 4.09. The van der Waals surface area contributed by atoms with Crippen LogP contribution in [0.15, 0.2) is 22.8 Å². The first-order valence-electron chi connectivity index (χ1n) is 4.09. The van der Waals surface area contributed by atoms with Gasteiger partial charge in [0.2, 0.25) is 5.76 Å². The molecule has 1 aromatic rings. The van der Waals surface area contributed by atoms with Gasteiger partial charge in [0.05, 0.1) is 19.0 Å². The second-order valence-corrected chi connectivity index (χ2v) is 2.75. The van der Waals surface area contributed by atoms with Crippen molar-refractivity contribution in [2.75, 3.05) is 6.61 Å². The summed E-state index contributed by atoms with van der Waals surface area (Å²) >= 11 is 0. The Morgan fingerprint density at radius 1 is 1.77 bits per heavy atom. The van der Waals surface area contributed by atoms with E-state index >= 15 is 0 Å². The summed E-state index contributed by atoms with van der Waals surface area (Å²) in [5.41, 5.74) is 0. The van der Waals surface area contributed by atoms with Crippen LogP contribution in [0.3, 0.4) is 0 Å². The summed E-state index contributed by atoms with van der Waals surface area (Å²) in [6.45, 7) is 1.85. The highest BCUT2D eigenvalue weighted by molar-refractivity contribution is 5.86. The predicted molar refractivity (Wildman–Crippen MR) is 45.3 cm³/mol. The Morgan fingerprint density at radius 3 is 3.08 bits per heavy atom. The molecular weight excluding hydrogens is 172 g/mol.